The van der Waals surface area contributed by atoms with Crippen molar-refractivity contribution in [1.29, 1.82) is 0 Å². The molecule has 8 nitrogen and oxygen atoms in total. The van der Waals surface area contributed by atoms with E-state index >= 15 is 0 Å². The van der Waals surface area contributed by atoms with Crippen molar-refractivity contribution in [2.75, 3.05) is 32.5 Å². The summed E-state index contributed by atoms with van der Waals surface area (Å²) in [6.45, 7) is 3.42. The van der Waals surface area contributed by atoms with Gasteiger partial charge in [-0.2, -0.15) is 4.98 Å². The second kappa shape index (κ2) is 6.00. The molecule has 0 aliphatic carbocycles. The number of anilines is 1. The number of nitro groups is 1. The van der Waals surface area contributed by atoms with Crippen molar-refractivity contribution in [1.82, 2.24) is 14.9 Å². The number of nitrogens with one attached hydrogen (secondary N) is 1. The highest BCUT2D eigenvalue weighted by Gasteiger charge is 2.27. The number of hydrogen-bond donors (Lipinski definition) is 1. The molecule has 1 fully saturated rings. The van der Waals surface area contributed by atoms with E-state index < -0.39 is 4.92 Å². The van der Waals surface area contributed by atoms with Gasteiger partial charge in [-0.3, -0.25) is 10.1 Å². The molecule has 0 amide bonds. The van der Waals surface area contributed by atoms with Crippen LogP contribution in [0.15, 0.2) is 0 Å². The lowest BCUT2D eigenvalue weighted by atomic mass is 10.1. The molecule has 1 aliphatic rings. The van der Waals surface area contributed by atoms with Crippen molar-refractivity contribution in [3.05, 3.63) is 15.8 Å². The van der Waals surface area contributed by atoms with Gasteiger partial charge in [-0.1, -0.05) is 0 Å². The molecule has 0 radical (unpaired) electrons. The van der Waals surface area contributed by atoms with Crippen molar-refractivity contribution in [2.45, 2.75) is 25.9 Å². The SMILES string of the molecule is CNc1nc(C)c([N+](=O)[O-])c(OC2CCN(C)CC2)n1. The van der Waals surface area contributed by atoms with Crippen LogP contribution in [-0.2, 0) is 0 Å². The average molecular weight is 281 g/mol. The Morgan fingerprint density at radius 2 is 2.05 bits per heavy atom. The smallest absolute Gasteiger partial charge is 0.352 e. The molecule has 0 atom stereocenters. The first-order valence-corrected chi connectivity index (χ1v) is 6.57. The molecule has 0 bridgehead atoms. The van der Waals surface area contributed by atoms with E-state index in [2.05, 4.69) is 20.2 Å². The van der Waals surface area contributed by atoms with Crippen LogP contribution in [0.4, 0.5) is 11.6 Å². The molecule has 1 aromatic heterocycles. The second-order valence-corrected chi connectivity index (χ2v) is 4.91. The number of likely N-dealkylation sites (tertiary alicyclic amines) is 1. The van der Waals surface area contributed by atoms with Crippen molar-refractivity contribution in [2.24, 2.45) is 0 Å². The summed E-state index contributed by atoms with van der Waals surface area (Å²) in [6, 6.07) is 0. The predicted octanol–water partition coefficient (Wildman–Crippen LogP) is 1.21. The molecule has 110 valence electrons. The van der Waals surface area contributed by atoms with Gasteiger partial charge < -0.3 is 15.0 Å². The molecule has 0 saturated carbocycles. The zero-order chi connectivity index (χ0) is 14.7. The third-order valence-electron chi connectivity index (χ3n) is 3.38. The van der Waals surface area contributed by atoms with Gasteiger partial charge in [-0.25, -0.2) is 4.98 Å². The Kier molecular flexibility index (Phi) is 4.33. The van der Waals surface area contributed by atoms with Crippen LogP contribution in [-0.4, -0.2) is 53.1 Å². The highest BCUT2D eigenvalue weighted by molar-refractivity contribution is 5.48. The van der Waals surface area contributed by atoms with E-state index in [0.29, 0.717) is 11.6 Å². The van der Waals surface area contributed by atoms with Gasteiger partial charge in [0.1, 0.15) is 11.8 Å². The Balaban J connectivity index is 2.24. The van der Waals surface area contributed by atoms with Crippen LogP contribution in [0.5, 0.6) is 5.88 Å². The highest BCUT2D eigenvalue weighted by atomic mass is 16.6. The maximum Gasteiger partial charge on any atom is 0.352 e. The normalized spacial score (nSPS) is 16.9. The summed E-state index contributed by atoms with van der Waals surface area (Å²) in [5, 5.41) is 13.9. The number of rotatable bonds is 4. The summed E-state index contributed by atoms with van der Waals surface area (Å²) in [5.41, 5.74) is 0.153. The zero-order valence-electron chi connectivity index (χ0n) is 11.9. The molecule has 8 heteroatoms. The van der Waals surface area contributed by atoms with Crippen LogP contribution in [0.3, 0.4) is 0 Å². The monoisotopic (exact) mass is 281 g/mol. The van der Waals surface area contributed by atoms with E-state index in [-0.39, 0.29) is 17.7 Å². The fraction of sp³-hybridized carbons (Fsp3) is 0.667. The maximum absolute atomic E-state index is 11.2. The van der Waals surface area contributed by atoms with Gasteiger partial charge >= 0.3 is 5.69 Å². The van der Waals surface area contributed by atoms with Crippen molar-refractivity contribution < 1.29 is 9.66 Å². The summed E-state index contributed by atoms with van der Waals surface area (Å²) in [6.07, 6.45) is 1.64. The van der Waals surface area contributed by atoms with E-state index in [1.165, 1.54) is 0 Å². The summed E-state index contributed by atoms with van der Waals surface area (Å²) in [4.78, 5) is 21.0. The van der Waals surface area contributed by atoms with Crippen LogP contribution in [0, 0.1) is 17.0 Å². The molecule has 0 aromatic carbocycles. The van der Waals surface area contributed by atoms with Crippen LogP contribution in [0.2, 0.25) is 0 Å². The van der Waals surface area contributed by atoms with Crippen molar-refractivity contribution in [3.63, 3.8) is 0 Å². The number of aryl methyl sites for hydroxylation is 1. The van der Waals surface area contributed by atoms with Crippen LogP contribution < -0.4 is 10.1 Å². The summed E-state index contributed by atoms with van der Waals surface area (Å²) >= 11 is 0. The molecule has 2 rings (SSSR count). The zero-order valence-corrected chi connectivity index (χ0v) is 11.9. The third kappa shape index (κ3) is 3.13. The fourth-order valence-corrected chi connectivity index (χ4v) is 2.21. The van der Waals surface area contributed by atoms with E-state index in [4.69, 9.17) is 4.74 Å². The number of nitrogens with zero attached hydrogens (tertiary/aromatic N) is 4. The summed E-state index contributed by atoms with van der Waals surface area (Å²) < 4.78 is 5.76. The summed E-state index contributed by atoms with van der Waals surface area (Å²) in [7, 11) is 3.71. The molecule has 20 heavy (non-hydrogen) atoms. The standard InChI is InChI=1S/C12H19N5O3/c1-8-10(17(18)19)11(15-12(13-2)14-8)20-9-4-6-16(3)7-5-9/h9H,4-7H2,1-3H3,(H,13,14,15). The Morgan fingerprint density at radius 3 is 2.60 bits per heavy atom. The molecule has 1 saturated heterocycles. The summed E-state index contributed by atoms with van der Waals surface area (Å²) in [5.74, 6) is 0.387. The average Bonchev–Trinajstić information content (AvgIpc) is 2.40. The Hall–Kier alpha value is -1.96. The van der Waals surface area contributed by atoms with Crippen molar-refractivity contribution >= 4 is 11.6 Å². The Morgan fingerprint density at radius 1 is 1.40 bits per heavy atom. The number of ether oxygens (including phenoxy) is 1. The number of piperidine rings is 1. The van der Waals surface area contributed by atoms with E-state index in [9.17, 15) is 10.1 Å². The molecule has 1 aromatic rings. The number of aromatic nitrogens is 2. The lowest BCUT2D eigenvalue weighted by molar-refractivity contribution is -0.387. The minimum Gasteiger partial charge on any atom is -0.469 e. The first-order valence-electron chi connectivity index (χ1n) is 6.57. The molecule has 2 heterocycles. The van der Waals surface area contributed by atoms with E-state index in [1.54, 1.807) is 14.0 Å². The minimum absolute atomic E-state index is 0.0380. The minimum atomic E-state index is -0.487. The maximum atomic E-state index is 11.2. The first kappa shape index (κ1) is 14.4. The topological polar surface area (TPSA) is 93.4 Å². The molecular weight excluding hydrogens is 262 g/mol. The lowest BCUT2D eigenvalue weighted by Crippen LogP contribution is -2.36. The first-order chi connectivity index (χ1) is 9.51. The van der Waals surface area contributed by atoms with Gasteiger partial charge in [0.15, 0.2) is 0 Å². The van der Waals surface area contributed by atoms with Crippen LogP contribution in [0.1, 0.15) is 18.5 Å². The molecular formula is C12H19N5O3. The lowest BCUT2D eigenvalue weighted by Gasteiger charge is -2.28. The molecule has 0 unspecified atom stereocenters. The Labute approximate surface area is 117 Å². The van der Waals surface area contributed by atoms with Gasteiger partial charge in [-0.05, 0) is 26.8 Å². The highest BCUT2D eigenvalue weighted by Crippen LogP contribution is 2.30. The molecule has 1 aliphatic heterocycles. The predicted molar refractivity (Wildman–Crippen MR) is 74.1 cm³/mol. The van der Waals surface area contributed by atoms with Crippen molar-refractivity contribution in [3.8, 4) is 5.88 Å². The molecule has 1 N–H and O–H groups in total. The Bertz CT molecular complexity index is 500. The van der Waals surface area contributed by atoms with Gasteiger partial charge in [0.2, 0.25) is 5.95 Å². The van der Waals surface area contributed by atoms with E-state index in [1.807, 2.05) is 7.05 Å². The quantitative estimate of drug-likeness (QED) is 0.654. The van der Waals surface area contributed by atoms with Gasteiger partial charge in [0, 0.05) is 20.1 Å². The van der Waals surface area contributed by atoms with Gasteiger partial charge in [0.05, 0.1) is 4.92 Å². The van der Waals surface area contributed by atoms with Crippen LogP contribution in [0.25, 0.3) is 0 Å². The van der Waals surface area contributed by atoms with E-state index in [0.717, 1.165) is 25.9 Å². The fourth-order valence-electron chi connectivity index (χ4n) is 2.21. The van der Waals surface area contributed by atoms with Gasteiger partial charge in [0.25, 0.3) is 5.88 Å². The van der Waals surface area contributed by atoms with Crippen LogP contribution >= 0.6 is 0 Å². The second-order valence-electron chi connectivity index (χ2n) is 4.91. The number of hydrogen-bond acceptors (Lipinski definition) is 7. The van der Waals surface area contributed by atoms with Gasteiger partial charge in [-0.15, -0.1) is 0 Å². The third-order valence-corrected chi connectivity index (χ3v) is 3.38. The largest absolute Gasteiger partial charge is 0.469 e. The molecule has 0 spiro atoms.